The summed E-state index contributed by atoms with van der Waals surface area (Å²) in [5.41, 5.74) is 0.689. The molecule has 0 radical (unpaired) electrons. The zero-order valence-corrected chi connectivity index (χ0v) is 5.77. The fraction of sp³-hybridized carbons (Fsp3) is 1.00. The summed E-state index contributed by atoms with van der Waals surface area (Å²) in [6.45, 7) is 2.28. The van der Waals surface area contributed by atoms with E-state index in [2.05, 4.69) is 0 Å². The number of rotatable bonds is 0. The maximum absolute atomic E-state index is 5.65. The van der Waals surface area contributed by atoms with Gasteiger partial charge in [0.15, 0.2) is 0 Å². The lowest BCUT2D eigenvalue weighted by atomic mass is 9.68. The minimum atomic E-state index is 0.689. The van der Waals surface area contributed by atoms with Crippen molar-refractivity contribution < 1.29 is 0 Å². The van der Waals surface area contributed by atoms with Crippen molar-refractivity contribution in [1.82, 2.24) is 5.01 Å². The summed E-state index contributed by atoms with van der Waals surface area (Å²) in [6.07, 6.45) is 5.65. The van der Waals surface area contributed by atoms with Crippen LogP contribution in [-0.2, 0) is 0 Å². The molecule has 2 N–H and O–H groups in total. The third-order valence-corrected chi connectivity index (χ3v) is 2.88. The number of hydrogen-bond acceptors (Lipinski definition) is 2. The molecular weight excluding hydrogens is 112 g/mol. The van der Waals surface area contributed by atoms with Crippen molar-refractivity contribution in [3.8, 4) is 0 Å². The number of hydrazine groups is 1. The highest BCUT2D eigenvalue weighted by Crippen LogP contribution is 2.46. The molecule has 1 aliphatic heterocycles. The Labute approximate surface area is 56.0 Å². The molecule has 0 unspecified atom stereocenters. The molecule has 52 valence electrons. The summed E-state index contributed by atoms with van der Waals surface area (Å²) in [4.78, 5) is 0. The van der Waals surface area contributed by atoms with Crippen LogP contribution in [0, 0.1) is 5.41 Å². The highest BCUT2D eigenvalue weighted by atomic mass is 15.4. The van der Waals surface area contributed by atoms with Crippen molar-refractivity contribution >= 4 is 0 Å². The molecule has 0 amide bonds. The summed E-state index contributed by atoms with van der Waals surface area (Å²) in [5, 5.41) is 1.97. The molecule has 1 saturated carbocycles. The average molecular weight is 126 g/mol. The first-order chi connectivity index (χ1) is 4.31. The van der Waals surface area contributed by atoms with Gasteiger partial charge >= 0.3 is 0 Å². The Morgan fingerprint density at radius 2 is 2.00 bits per heavy atom. The summed E-state index contributed by atoms with van der Waals surface area (Å²) in [5.74, 6) is 5.65. The number of hydrogen-bond donors (Lipinski definition) is 1. The largest absolute Gasteiger partial charge is 0.269 e. The van der Waals surface area contributed by atoms with E-state index in [0.717, 1.165) is 13.1 Å². The van der Waals surface area contributed by atoms with E-state index < -0.39 is 0 Å². The van der Waals surface area contributed by atoms with Crippen LogP contribution in [0.3, 0.4) is 0 Å². The van der Waals surface area contributed by atoms with Crippen molar-refractivity contribution in [2.24, 2.45) is 11.3 Å². The van der Waals surface area contributed by atoms with Crippen LogP contribution in [0.1, 0.15) is 25.7 Å². The first-order valence-corrected chi connectivity index (χ1v) is 3.80. The Balaban J connectivity index is 1.99. The average Bonchev–Trinajstić information content (AvgIpc) is 2.09. The Bertz CT molecular complexity index is 118. The Hall–Kier alpha value is -0.0800. The predicted octanol–water partition coefficient (Wildman–Crippen LogP) is 0.736. The topological polar surface area (TPSA) is 29.3 Å². The fourth-order valence-electron chi connectivity index (χ4n) is 2.05. The molecule has 9 heavy (non-hydrogen) atoms. The van der Waals surface area contributed by atoms with Gasteiger partial charge in [0, 0.05) is 13.1 Å². The normalized spacial score (nSPS) is 33.0. The lowest BCUT2D eigenvalue weighted by molar-refractivity contribution is 0.139. The van der Waals surface area contributed by atoms with Crippen LogP contribution in [0.2, 0.25) is 0 Å². The van der Waals surface area contributed by atoms with E-state index in [0.29, 0.717) is 5.41 Å². The lowest BCUT2D eigenvalue weighted by Gasteiger charge is -2.37. The summed E-state index contributed by atoms with van der Waals surface area (Å²) >= 11 is 0. The van der Waals surface area contributed by atoms with Crippen molar-refractivity contribution in [2.75, 3.05) is 13.1 Å². The Morgan fingerprint density at radius 3 is 2.22 bits per heavy atom. The predicted molar refractivity (Wildman–Crippen MR) is 36.7 cm³/mol. The second kappa shape index (κ2) is 1.70. The molecule has 0 bridgehead atoms. The monoisotopic (exact) mass is 126 g/mol. The molecule has 0 aromatic carbocycles. The van der Waals surface area contributed by atoms with Crippen LogP contribution in [0.4, 0.5) is 0 Å². The van der Waals surface area contributed by atoms with Crippen molar-refractivity contribution in [1.29, 1.82) is 0 Å². The maximum atomic E-state index is 5.65. The van der Waals surface area contributed by atoms with Crippen LogP contribution in [0.5, 0.6) is 0 Å². The van der Waals surface area contributed by atoms with E-state index >= 15 is 0 Å². The van der Waals surface area contributed by atoms with Gasteiger partial charge in [-0.3, -0.25) is 5.84 Å². The Morgan fingerprint density at radius 1 is 1.22 bits per heavy atom. The van der Waals surface area contributed by atoms with Gasteiger partial charge in [-0.05, 0) is 24.7 Å². The second-order valence-electron chi connectivity index (χ2n) is 3.57. The molecule has 2 rings (SSSR count). The maximum Gasteiger partial charge on any atom is 0.0185 e. The van der Waals surface area contributed by atoms with Crippen LogP contribution < -0.4 is 5.84 Å². The van der Waals surface area contributed by atoms with E-state index in [1.54, 1.807) is 0 Å². The molecule has 2 nitrogen and oxygen atoms in total. The van der Waals surface area contributed by atoms with E-state index in [-0.39, 0.29) is 0 Å². The molecule has 2 heteroatoms. The summed E-state index contributed by atoms with van der Waals surface area (Å²) in [6, 6.07) is 0. The van der Waals surface area contributed by atoms with Gasteiger partial charge in [0.1, 0.15) is 0 Å². The third kappa shape index (κ3) is 0.775. The van der Waals surface area contributed by atoms with Gasteiger partial charge in [-0.2, -0.15) is 0 Å². The standard InChI is InChI=1S/C7H14N2/c8-9-5-4-7(6-9)2-1-3-7/h1-6,8H2. The van der Waals surface area contributed by atoms with Gasteiger partial charge in [-0.1, -0.05) is 6.42 Å². The first-order valence-electron chi connectivity index (χ1n) is 3.80. The molecule has 0 aromatic heterocycles. The summed E-state index contributed by atoms with van der Waals surface area (Å²) in [7, 11) is 0. The van der Waals surface area contributed by atoms with Gasteiger partial charge in [0.2, 0.25) is 0 Å². The van der Waals surface area contributed by atoms with E-state index in [1.807, 2.05) is 5.01 Å². The minimum absolute atomic E-state index is 0.689. The molecular formula is C7H14N2. The number of nitrogens with two attached hydrogens (primary N) is 1. The van der Waals surface area contributed by atoms with Crippen LogP contribution in [0.25, 0.3) is 0 Å². The lowest BCUT2D eigenvalue weighted by Crippen LogP contribution is -2.35. The molecule has 1 saturated heterocycles. The van der Waals surface area contributed by atoms with Gasteiger partial charge in [0.25, 0.3) is 0 Å². The zero-order valence-electron chi connectivity index (χ0n) is 5.77. The van der Waals surface area contributed by atoms with E-state index in [1.165, 1.54) is 25.7 Å². The quantitative estimate of drug-likeness (QED) is 0.485. The highest BCUT2D eigenvalue weighted by molar-refractivity contribution is 4.94. The molecule has 1 spiro atoms. The minimum Gasteiger partial charge on any atom is -0.269 e. The molecule has 0 atom stereocenters. The second-order valence-corrected chi connectivity index (χ2v) is 3.57. The van der Waals surface area contributed by atoms with Crippen LogP contribution in [-0.4, -0.2) is 18.1 Å². The molecule has 1 heterocycles. The summed E-state index contributed by atoms with van der Waals surface area (Å²) < 4.78 is 0. The van der Waals surface area contributed by atoms with Crippen molar-refractivity contribution in [3.05, 3.63) is 0 Å². The molecule has 0 aromatic rings. The molecule has 2 aliphatic rings. The number of nitrogens with zero attached hydrogens (tertiary/aromatic N) is 1. The van der Waals surface area contributed by atoms with E-state index in [9.17, 15) is 0 Å². The van der Waals surface area contributed by atoms with Gasteiger partial charge in [-0.25, -0.2) is 5.01 Å². The first kappa shape index (κ1) is 5.69. The Kier molecular flexibility index (Phi) is 1.08. The molecule has 2 fully saturated rings. The van der Waals surface area contributed by atoms with Gasteiger partial charge < -0.3 is 0 Å². The SMILES string of the molecule is NN1CCC2(CCC2)C1. The van der Waals surface area contributed by atoms with Gasteiger partial charge in [0.05, 0.1) is 0 Å². The van der Waals surface area contributed by atoms with Crippen LogP contribution in [0.15, 0.2) is 0 Å². The van der Waals surface area contributed by atoms with E-state index in [4.69, 9.17) is 5.84 Å². The smallest absolute Gasteiger partial charge is 0.0185 e. The fourth-order valence-corrected chi connectivity index (χ4v) is 2.05. The molecule has 1 aliphatic carbocycles. The van der Waals surface area contributed by atoms with Crippen molar-refractivity contribution in [3.63, 3.8) is 0 Å². The van der Waals surface area contributed by atoms with Gasteiger partial charge in [-0.15, -0.1) is 0 Å². The highest BCUT2D eigenvalue weighted by Gasteiger charge is 2.41. The zero-order chi connectivity index (χ0) is 6.32. The van der Waals surface area contributed by atoms with Crippen LogP contribution >= 0.6 is 0 Å². The third-order valence-electron chi connectivity index (χ3n) is 2.88. The van der Waals surface area contributed by atoms with Crippen molar-refractivity contribution in [2.45, 2.75) is 25.7 Å².